The second-order valence-corrected chi connectivity index (χ2v) is 5.36. The van der Waals surface area contributed by atoms with Crippen molar-refractivity contribution in [3.8, 4) is 17.2 Å². The molecule has 0 unspecified atom stereocenters. The Morgan fingerprint density at radius 2 is 1.59 bits per heavy atom. The van der Waals surface area contributed by atoms with Crippen LogP contribution in [-0.4, -0.2) is 63.9 Å². The Balaban J connectivity index is 2.08. The summed E-state index contributed by atoms with van der Waals surface area (Å²) in [6.45, 7) is 9.86. The highest BCUT2D eigenvalue weighted by Gasteiger charge is 2.20. The molecule has 0 aliphatic carbocycles. The SMILES string of the molecule is C=CCN1CCN(Cc2ccc(OC)c(OC)c2OC)CC1. The van der Waals surface area contributed by atoms with E-state index in [1.807, 2.05) is 12.1 Å². The van der Waals surface area contributed by atoms with Crippen LogP contribution in [0.3, 0.4) is 0 Å². The van der Waals surface area contributed by atoms with Gasteiger partial charge in [0, 0.05) is 44.8 Å². The predicted molar refractivity (Wildman–Crippen MR) is 88.0 cm³/mol. The van der Waals surface area contributed by atoms with E-state index < -0.39 is 0 Å². The largest absolute Gasteiger partial charge is 0.493 e. The van der Waals surface area contributed by atoms with Crippen LogP contribution in [0.5, 0.6) is 17.2 Å². The lowest BCUT2D eigenvalue weighted by Crippen LogP contribution is -2.45. The molecule has 1 aliphatic heterocycles. The summed E-state index contributed by atoms with van der Waals surface area (Å²) in [5.41, 5.74) is 1.12. The molecule has 5 nitrogen and oxygen atoms in total. The van der Waals surface area contributed by atoms with Crippen molar-refractivity contribution in [2.24, 2.45) is 0 Å². The zero-order chi connectivity index (χ0) is 15.9. The van der Waals surface area contributed by atoms with E-state index in [4.69, 9.17) is 14.2 Å². The van der Waals surface area contributed by atoms with E-state index in [1.165, 1.54) is 0 Å². The number of piperazine rings is 1. The van der Waals surface area contributed by atoms with Crippen LogP contribution in [0.4, 0.5) is 0 Å². The van der Waals surface area contributed by atoms with Crippen molar-refractivity contribution >= 4 is 0 Å². The van der Waals surface area contributed by atoms with Crippen molar-refractivity contribution in [2.45, 2.75) is 6.54 Å². The molecule has 0 spiro atoms. The van der Waals surface area contributed by atoms with Gasteiger partial charge in [-0.25, -0.2) is 0 Å². The number of ether oxygens (including phenoxy) is 3. The van der Waals surface area contributed by atoms with Gasteiger partial charge in [-0.1, -0.05) is 12.1 Å². The molecule has 2 rings (SSSR count). The van der Waals surface area contributed by atoms with Crippen LogP contribution in [0.25, 0.3) is 0 Å². The second kappa shape index (κ2) is 8.06. The molecule has 0 radical (unpaired) electrons. The fourth-order valence-electron chi connectivity index (χ4n) is 2.84. The molecule has 122 valence electrons. The van der Waals surface area contributed by atoms with E-state index >= 15 is 0 Å². The molecule has 0 atom stereocenters. The second-order valence-electron chi connectivity index (χ2n) is 5.36. The first kappa shape index (κ1) is 16.6. The lowest BCUT2D eigenvalue weighted by molar-refractivity contribution is 0.136. The number of nitrogens with zero attached hydrogens (tertiary/aromatic N) is 2. The lowest BCUT2D eigenvalue weighted by atomic mass is 10.1. The van der Waals surface area contributed by atoms with Crippen molar-refractivity contribution in [2.75, 3.05) is 54.1 Å². The Morgan fingerprint density at radius 3 is 2.14 bits per heavy atom. The molecular formula is C17H26N2O3. The Hall–Kier alpha value is -1.72. The third-order valence-corrected chi connectivity index (χ3v) is 4.03. The average Bonchev–Trinajstić information content (AvgIpc) is 2.56. The Bertz CT molecular complexity index is 497. The number of hydrogen-bond acceptors (Lipinski definition) is 5. The standard InChI is InChI=1S/C17H26N2O3/c1-5-8-18-9-11-19(12-10-18)13-14-6-7-15(20-2)17(22-4)16(14)21-3/h5-7H,1,8-13H2,2-4H3. The van der Waals surface area contributed by atoms with Gasteiger partial charge in [0.25, 0.3) is 0 Å². The van der Waals surface area contributed by atoms with Gasteiger partial charge in [-0.05, 0) is 6.07 Å². The van der Waals surface area contributed by atoms with Crippen molar-refractivity contribution in [3.05, 3.63) is 30.4 Å². The predicted octanol–water partition coefficient (Wildman–Crippen LogP) is 2.02. The minimum atomic E-state index is 0.660. The van der Waals surface area contributed by atoms with Crippen LogP contribution < -0.4 is 14.2 Å². The van der Waals surface area contributed by atoms with Crippen LogP contribution in [0.1, 0.15) is 5.56 Å². The molecule has 0 N–H and O–H groups in total. The van der Waals surface area contributed by atoms with Crippen molar-refractivity contribution in [3.63, 3.8) is 0 Å². The maximum Gasteiger partial charge on any atom is 0.203 e. The molecule has 22 heavy (non-hydrogen) atoms. The van der Waals surface area contributed by atoms with Gasteiger partial charge in [-0.2, -0.15) is 0 Å². The quantitative estimate of drug-likeness (QED) is 0.720. The summed E-state index contributed by atoms with van der Waals surface area (Å²) >= 11 is 0. The van der Waals surface area contributed by atoms with Gasteiger partial charge in [-0.3, -0.25) is 9.80 Å². The van der Waals surface area contributed by atoms with E-state index in [1.54, 1.807) is 21.3 Å². The summed E-state index contributed by atoms with van der Waals surface area (Å²) in [6, 6.07) is 3.99. The van der Waals surface area contributed by atoms with Crippen LogP contribution in [0.2, 0.25) is 0 Å². The monoisotopic (exact) mass is 306 g/mol. The molecule has 1 aromatic carbocycles. The van der Waals surface area contributed by atoms with Crippen LogP contribution >= 0.6 is 0 Å². The number of methoxy groups -OCH3 is 3. The minimum Gasteiger partial charge on any atom is -0.493 e. The van der Waals surface area contributed by atoms with Gasteiger partial charge in [0.2, 0.25) is 5.75 Å². The molecule has 0 aromatic heterocycles. The Morgan fingerprint density at radius 1 is 0.955 bits per heavy atom. The third-order valence-electron chi connectivity index (χ3n) is 4.03. The van der Waals surface area contributed by atoms with Gasteiger partial charge in [0.05, 0.1) is 21.3 Å². The molecule has 1 saturated heterocycles. The summed E-state index contributed by atoms with van der Waals surface area (Å²) in [5, 5.41) is 0. The highest BCUT2D eigenvalue weighted by Crippen LogP contribution is 2.40. The van der Waals surface area contributed by atoms with Gasteiger partial charge >= 0.3 is 0 Å². The van der Waals surface area contributed by atoms with Crippen LogP contribution in [0.15, 0.2) is 24.8 Å². The lowest BCUT2D eigenvalue weighted by Gasteiger charge is -2.34. The summed E-state index contributed by atoms with van der Waals surface area (Å²) in [5.74, 6) is 2.11. The topological polar surface area (TPSA) is 34.2 Å². The zero-order valence-corrected chi connectivity index (χ0v) is 13.8. The highest BCUT2D eigenvalue weighted by atomic mass is 16.5. The van der Waals surface area contributed by atoms with Gasteiger partial charge < -0.3 is 14.2 Å². The van der Waals surface area contributed by atoms with E-state index in [0.717, 1.165) is 50.6 Å². The summed E-state index contributed by atoms with van der Waals surface area (Å²) < 4.78 is 16.3. The average molecular weight is 306 g/mol. The molecule has 5 heteroatoms. The van der Waals surface area contributed by atoms with E-state index in [9.17, 15) is 0 Å². The first-order chi connectivity index (χ1) is 10.7. The van der Waals surface area contributed by atoms with Gasteiger partial charge in [-0.15, -0.1) is 6.58 Å². The molecule has 0 saturated carbocycles. The smallest absolute Gasteiger partial charge is 0.203 e. The number of rotatable bonds is 7. The summed E-state index contributed by atoms with van der Waals surface area (Å²) in [7, 11) is 4.94. The Kier molecular flexibility index (Phi) is 6.10. The molecule has 0 amide bonds. The van der Waals surface area contributed by atoms with Gasteiger partial charge in [0.1, 0.15) is 0 Å². The normalized spacial score (nSPS) is 16.3. The van der Waals surface area contributed by atoms with E-state index in [0.29, 0.717) is 11.5 Å². The van der Waals surface area contributed by atoms with Gasteiger partial charge in [0.15, 0.2) is 11.5 Å². The summed E-state index contributed by atoms with van der Waals surface area (Å²) in [4.78, 5) is 4.85. The van der Waals surface area contributed by atoms with Crippen LogP contribution in [-0.2, 0) is 6.54 Å². The first-order valence-electron chi connectivity index (χ1n) is 7.57. The third kappa shape index (κ3) is 3.72. The van der Waals surface area contributed by atoms with E-state index in [2.05, 4.69) is 22.4 Å². The maximum atomic E-state index is 5.56. The fraction of sp³-hybridized carbons (Fsp3) is 0.529. The minimum absolute atomic E-state index is 0.660. The number of hydrogen-bond donors (Lipinski definition) is 0. The van der Waals surface area contributed by atoms with Crippen molar-refractivity contribution in [1.29, 1.82) is 0 Å². The molecule has 0 bridgehead atoms. The molecule has 1 fully saturated rings. The van der Waals surface area contributed by atoms with Crippen molar-refractivity contribution < 1.29 is 14.2 Å². The fourth-order valence-corrected chi connectivity index (χ4v) is 2.84. The van der Waals surface area contributed by atoms with E-state index in [-0.39, 0.29) is 0 Å². The molecule has 1 heterocycles. The maximum absolute atomic E-state index is 5.56. The molecular weight excluding hydrogens is 280 g/mol. The first-order valence-corrected chi connectivity index (χ1v) is 7.57. The Labute approximate surface area is 133 Å². The molecule has 1 aliphatic rings. The summed E-state index contributed by atoms with van der Waals surface area (Å²) in [6.07, 6.45) is 1.97. The van der Waals surface area contributed by atoms with Crippen LogP contribution in [0, 0.1) is 0 Å². The zero-order valence-electron chi connectivity index (χ0n) is 13.8. The highest BCUT2D eigenvalue weighted by molar-refractivity contribution is 5.55. The van der Waals surface area contributed by atoms with Crippen molar-refractivity contribution in [1.82, 2.24) is 9.80 Å². The molecule has 1 aromatic rings. The number of benzene rings is 1.